The Morgan fingerprint density at radius 1 is 1.20 bits per heavy atom. The number of nitrogens with one attached hydrogen (secondary N) is 2. The summed E-state index contributed by atoms with van der Waals surface area (Å²) in [6, 6.07) is 7.61. The molecule has 25 heavy (non-hydrogen) atoms. The molecule has 0 bridgehead atoms. The number of rotatable bonds is 7. The van der Waals surface area contributed by atoms with Crippen LogP contribution in [0.15, 0.2) is 34.4 Å². The van der Waals surface area contributed by atoms with E-state index < -0.39 is 0 Å². The second-order valence-corrected chi connectivity index (χ2v) is 6.81. The lowest BCUT2D eigenvalue weighted by Crippen LogP contribution is -3.09. The van der Waals surface area contributed by atoms with Crippen LogP contribution >= 0.6 is 11.3 Å². The van der Waals surface area contributed by atoms with E-state index in [2.05, 4.69) is 34.4 Å². The van der Waals surface area contributed by atoms with Gasteiger partial charge in [-0.05, 0) is 24.4 Å². The summed E-state index contributed by atoms with van der Waals surface area (Å²) in [6.45, 7) is 4.66. The average molecular weight is 360 g/mol. The van der Waals surface area contributed by atoms with Crippen molar-refractivity contribution in [1.29, 1.82) is 0 Å². The SMILES string of the molecule is CC[NH+](Cc1nc2cc(OC)c(OC)cc2c(=O)[nH]1)Cc1cccs1. The second kappa shape index (κ2) is 7.67. The summed E-state index contributed by atoms with van der Waals surface area (Å²) >= 11 is 1.75. The van der Waals surface area contributed by atoms with E-state index in [1.165, 1.54) is 9.78 Å². The Hall–Kier alpha value is -2.38. The number of aromatic nitrogens is 2. The number of nitrogens with zero attached hydrogens (tertiary/aromatic N) is 1. The van der Waals surface area contributed by atoms with Crippen LogP contribution in [-0.4, -0.2) is 30.7 Å². The van der Waals surface area contributed by atoms with Crippen LogP contribution < -0.4 is 19.9 Å². The fourth-order valence-corrected chi connectivity index (χ4v) is 3.58. The van der Waals surface area contributed by atoms with Gasteiger partial charge >= 0.3 is 0 Å². The van der Waals surface area contributed by atoms with E-state index in [9.17, 15) is 4.79 Å². The van der Waals surface area contributed by atoms with Gasteiger partial charge in [0.05, 0.1) is 36.5 Å². The van der Waals surface area contributed by atoms with Crippen LogP contribution in [0.4, 0.5) is 0 Å². The fraction of sp³-hybridized carbons (Fsp3) is 0.333. The number of fused-ring (bicyclic) bond motifs is 1. The van der Waals surface area contributed by atoms with Gasteiger partial charge in [0.2, 0.25) is 0 Å². The van der Waals surface area contributed by atoms with Crippen LogP contribution in [0, 0.1) is 0 Å². The van der Waals surface area contributed by atoms with Crippen molar-refractivity contribution in [3.8, 4) is 11.5 Å². The zero-order chi connectivity index (χ0) is 17.8. The van der Waals surface area contributed by atoms with Gasteiger partial charge in [-0.1, -0.05) is 6.07 Å². The van der Waals surface area contributed by atoms with Crippen LogP contribution in [0.25, 0.3) is 10.9 Å². The highest BCUT2D eigenvalue weighted by Crippen LogP contribution is 2.29. The van der Waals surface area contributed by atoms with Crippen molar-refractivity contribution in [1.82, 2.24) is 9.97 Å². The third kappa shape index (κ3) is 3.83. The van der Waals surface area contributed by atoms with Gasteiger partial charge < -0.3 is 19.4 Å². The summed E-state index contributed by atoms with van der Waals surface area (Å²) in [5, 5.41) is 2.58. The smallest absolute Gasteiger partial charge is 0.259 e. The summed E-state index contributed by atoms with van der Waals surface area (Å²) < 4.78 is 10.6. The molecule has 3 rings (SSSR count). The van der Waals surface area contributed by atoms with E-state index in [-0.39, 0.29) is 5.56 Å². The molecule has 0 fully saturated rings. The lowest BCUT2D eigenvalue weighted by molar-refractivity contribution is -0.926. The van der Waals surface area contributed by atoms with Crippen molar-refractivity contribution in [2.75, 3.05) is 20.8 Å². The molecule has 2 aromatic heterocycles. The molecule has 0 spiro atoms. The highest BCUT2D eigenvalue weighted by atomic mass is 32.1. The molecule has 0 aliphatic carbocycles. The molecule has 2 N–H and O–H groups in total. The summed E-state index contributed by atoms with van der Waals surface area (Å²) in [7, 11) is 3.12. The molecule has 0 saturated carbocycles. The van der Waals surface area contributed by atoms with Crippen LogP contribution in [0.1, 0.15) is 17.6 Å². The summed E-state index contributed by atoms with van der Waals surface area (Å²) in [5.41, 5.74) is 0.454. The molecular formula is C18H22N3O3S+. The molecule has 0 saturated heterocycles. The molecular weight excluding hydrogens is 338 g/mol. The first kappa shape index (κ1) is 17.4. The van der Waals surface area contributed by atoms with Crippen LogP contribution in [0.5, 0.6) is 11.5 Å². The summed E-state index contributed by atoms with van der Waals surface area (Å²) in [4.78, 5) is 22.7. The number of hydrogen-bond acceptors (Lipinski definition) is 5. The molecule has 7 heteroatoms. The van der Waals surface area contributed by atoms with E-state index in [1.807, 2.05) is 0 Å². The molecule has 132 valence electrons. The average Bonchev–Trinajstić information content (AvgIpc) is 3.13. The Labute approximate surface area is 150 Å². The topological polar surface area (TPSA) is 68.7 Å². The minimum absolute atomic E-state index is 0.160. The van der Waals surface area contributed by atoms with Crippen molar-refractivity contribution in [2.24, 2.45) is 0 Å². The van der Waals surface area contributed by atoms with Crippen molar-refractivity contribution in [3.05, 3.63) is 50.7 Å². The highest BCUT2D eigenvalue weighted by molar-refractivity contribution is 7.09. The first-order chi connectivity index (χ1) is 12.1. The van der Waals surface area contributed by atoms with Gasteiger partial charge in [0.15, 0.2) is 17.3 Å². The van der Waals surface area contributed by atoms with Crippen LogP contribution in [-0.2, 0) is 13.1 Å². The number of H-pyrrole nitrogens is 1. The fourth-order valence-electron chi connectivity index (χ4n) is 2.81. The molecule has 0 aliphatic rings. The first-order valence-corrected chi connectivity index (χ1v) is 9.03. The molecule has 6 nitrogen and oxygen atoms in total. The lowest BCUT2D eigenvalue weighted by Gasteiger charge is -2.16. The maximum Gasteiger partial charge on any atom is 0.259 e. The van der Waals surface area contributed by atoms with E-state index in [0.717, 1.165) is 13.1 Å². The molecule has 1 unspecified atom stereocenters. The zero-order valence-corrected chi connectivity index (χ0v) is 15.4. The van der Waals surface area contributed by atoms with Gasteiger partial charge in [-0.3, -0.25) is 4.79 Å². The van der Waals surface area contributed by atoms with Crippen LogP contribution in [0.3, 0.4) is 0 Å². The van der Waals surface area contributed by atoms with Crippen molar-refractivity contribution in [3.63, 3.8) is 0 Å². The highest BCUT2D eigenvalue weighted by Gasteiger charge is 2.14. The van der Waals surface area contributed by atoms with Gasteiger partial charge in [-0.2, -0.15) is 0 Å². The molecule has 1 atom stereocenters. The third-order valence-electron chi connectivity index (χ3n) is 4.18. The Bertz CT molecular complexity index is 906. The largest absolute Gasteiger partial charge is 0.493 e. The maximum absolute atomic E-state index is 12.5. The van der Waals surface area contributed by atoms with E-state index >= 15 is 0 Å². The van der Waals surface area contributed by atoms with Crippen molar-refractivity contribution in [2.45, 2.75) is 20.0 Å². The normalized spacial score (nSPS) is 12.3. The minimum Gasteiger partial charge on any atom is -0.493 e. The number of benzene rings is 1. The standard InChI is InChI=1S/C18H21N3O3S/c1-4-21(10-12-6-5-7-25-12)11-17-19-14-9-16(24-3)15(23-2)8-13(14)18(22)20-17/h5-9H,4,10-11H2,1-3H3,(H,19,20,22)/p+1. The molecule has 2 heterocycles. The van der Waals surface area contributed by atoms with Gasteiger partial charge in [0, 0.05) is 6.07 Å². The van der Waals surface area contributed by atoms with E-state index in [4.69, 9.17) is 9.47 Å². The Kier molecular flexibility index (Phi) is 5.35. The third-order valence-corrected chi connectivity index (χ3v) is 5.06. The number of hydrogen-bond donors (Lipinski definition) is 2. The predicted molar refractivity (Wildman–Crippen MR) is 98.7 cm³/mol. The molecule has 1 aromatic carbocycles. The second-order valence-electron chi connectivity index (χ2n) is 5.77. The Morgan fingerprint density at radius 2 is 1.96 bits per heavy atom. The van der Waals surface area contributed by atoms with Gasteiger partial charge in [-0.25, -0.2) is 4.98 Å². The zero-order valence-electron chi connectivity index (χ0n) is 14.6. The molecule has 0 aliphatic heterocycles. The number of methoxy groups -OCH3 is 2. The van der Waals surface area contributed by atoms with Crippen LogP contribution in [0.2, 0.25) is 0 Å². The van der Waals surface area contributed by atoms with Gasteiger partial charge in [-0.15, -0.1) is 11.3 Å². The van der Waals surface area contributed by atoms with E-state index in [0.29, 0.717) is 34.8 Å². The quantitative estimate of drug-likeness (QED) is 0.672. The monoisotopic (exact) mass is 360 g/mol. The Morgan fingerprint density at radius 3 is 2.60 bits per heavy atom. The van der Waals surface area contributed by atoms with Crippen molar-refractivity contribution >= 4 is 22.2 Å². The maximum atomic E-state index is 12.5. The molecule has 0 amide bonds. The Balaban J connectivity index is 1.92. The molecule has 3 aromatic rings. The van der Waals surface area contributed by atoms with Gasteiger partial charge in [0.25, 0.3) is 5.56 Å². The molecule has 0 radical (unpaired) electrons. The summed E-state index contributed by atoms with van der Waals surface area (Å²) in [5.74, 6) is 1.77. The minimum atomic E-state index is -0.160. The van der Waals surface area contributed by atoms with Gasteiger partial charge in [0.1, 0.15) is 13.1 Å². The number of aromatic amines is 1. The predicted octanol–water partition coefficient (Wildman–Crippen LogP) is 1.61. The number of ether oxygens (including phenoxy) is 2. The summed E-state index contributed by atoms with van der Waals surface area (Å²) in [6.07, 6.45) is 0. The number of thiophene rings is 1. The van der Waals surface area contributed by atoms with Crippen molar-refractivity contribution < 1.29 is 14.4 Å². The first-order valence-electron chi connectivity index (χ1n) is 8.15. The number of quaternary nitrogens is 1. The lowest BCUT2D eigenvalue weighted by atomic mass is 10.2. The van der Waals surface area contributed by atoms with E-state index in [1.54, 1.807) is 37.7 Å².